The molecule has 1 aliphatic heterocycles. The highest BCUT2D eigenvalue weighted by atomic mass is 19.4. The van der Waals surface area contributed by atoms with Crippen molar-refractivity contribution in [3.63, 3.8) is 0 Å². The van der Waals surface area contributed by atoms with Crippen molar-refractivity contribution in [3.05, 3.63) is 18.3 Å². The second kappa shape index (κ2) is 5.41. The van der Waals surface area contributed by atoms with Gasteiger partial charge in [0.25, 0.3) is 0 Å². The molecule has 0 saturated carbocycles. The van der Waals surface area contributed by atoms with Crippen LogP contribution in [0.4, 0.5) is 13.2 Å². The summed E-state index contributed by atoms with van der Waals surface area (Å²) in [6.07, 6.45) is -2.86. The number of amides is 1. The highest BCUT2D eigenvalue weighted by molar-refractivity contribution is 5.81. The Balaban J connectivity index is 1.85. The van der Waals surface area contributed by atoms with Crippen LogP contribution in [-0.2, 0) is 4.79 Å². The maximum Gasteiger partial charge on any atom is 0.471 e. The smallest absolute Gasteiger partial charge is 0.471 e. The molecule has 1 aromatic heterocycles. The van der Waals surface area contributed by atoms with Gasteiger partial charge in [-0.15, -0.1) is 5.10 Å². The number of likely N-dealkylation sites (tertiary alicyclic amines) is 1. The SMILES string of the molecule is O=C(N1CCC(Oc2cccnn2)CC1)C(F)(F)F. The zero-order valence-corrected chi connectivity index (χ0v) is 9.93. The lowest BCUT2D eigenvalue weighted by atomic mass is 10.1. The molecule has 0 aromatic carbocycles. The van der Waals surface area contributed by atoms with Crippen molar-refractivity contribution in [3.8, 4) is 5.88 Å². The Morgan fingerprint density at radius 3 is 2.58 bits per heavy atom. The van der Waals surface area contributed by atoms with Crippen molar-refractivity contribution in [2.24, 2.45) is 0 Å². The average molecular weight is 275 g/mol. The van der Waals surface area contributed by atoms with Crippen molar-refractivity contribution >= 4 is 5.91 Å². The molecule has 5 nitrogen and oxygen atoms in total. The van der Waals surface area contributed by atoms with Gasteiger partial charge in [-0.2, -0.15) is 18.3 Å². The Bertz CT molecular complexity index is 431. The van der Waals surface area contributed by atoms with Gasteiger partial charge in [0.05, 0.1) is 0 Å². The molecule has 1 fully saturated rings. The van der Waals surface area contributed by atoms with Crippen LogP contribution in [0, 0.1) is 0 Å². The number of piperidine rings is 1. The first-order valence-electron chi connectivity index (χ1n) is 5.77. The van der Waals surface area contributed by atoms with Gasteiger partial charge < -0.3 is 9.64 Å². The van der Waals surface area contributed by atoms with E-state index in [1.165, 1.54) is 6.20 Å². The van der Waals surface area contributed by atoms with Crippen molar-refractivity contribution in [2.45, 2.75) is 25.1 Å². The molecule has 2 heterocycles. The largest absolute Gasteiger partial charge is 0.473 e. The Morgan fingerprint density at radius 1 is 1.37 bits per heavy atom. The van der Waals surface area contributed by atoms with Crippen LogP contribution in [0.2, 0.25) is 0 Å². The van der Waals surface area contributed by atoms with Crippen molar-refractivity contribution < 1.29 is 22.7 Å². The van der Waals surface area contributed by atoms with Crippen LogP contribution in [0.15, 0.2) is 18.3 Å². The van der Waals surface area contributed by atoms with Gasteiger partial charge in [-0.3, -0.25) is 4.79 Å². The molecule has 0 unspecified atom stereocenters. The van der Waals surface area contributed by atoms with Crippen LogP contribution in [0.1, 0.15) is 12.8 Å². The lowest BCUT2D eigenvalue weighted by Gasteiger charge is -2.32. The van der Waals surface area contributed by atoms with Crippen LogP contribution in [0.5, 0.6) is 5.88 Å². The molecule has 1 aromatic rings. The first-order chi connectivity index (χ1) is 8.97. The zero-order chi connectivity index (χ0) is 13.9. The van der Waals surface area contributed by atoms with Gasteiger partial charge in [0.2, 0.25) is 5.88 Å². The second-order valence-electron chi connectivity index (χ2n) is 4.17. The van der Waals surface area contributed by atoms with Gasteiger partial charge in [-0.05, 0) is 6.07 Å². The van der Waals surface area contributed by atoms with E-state index >= 15 is 0 Å². The fourth-order valence-electron chi connectivity index (χ4n) is 1.88. The Kier molecular flexibility index (Phi) is 3.87. The third-order valence-corrected chi connectivity index (χ3v) is 2.81. The van der Waals surface area contributed by atoms with Gasteiger partial charge in [0.15, 0.2) is 0 Å². The standard InChI is InChI=1S/C11H12F3N3O2/c12-11(13,14)10(18)17-6-3-8(4-7-17)19-9-2-1-5-15-16-9/h1-2,5,8H,3-4,6-7H2. The highest BCUT2D eigenvalue weighted by Crippen LogP contribution is 2.22. The first-order valence-corrected chi connectivity index (χ1v) is 5.77. The van der Waals surface area contributed by atoms with E-state index < -0.39 is 12.1 Å². The maximum atomic E-state index is 12.2. The number of alkyl halides is 3. The molecule has 0 bridgehead atoms. The molecule has 1 saturated heterocycles. The van der Waals surface area contributed by atoms with Crippen LogP contribution >= 0.6 is 0 Å². The summed E-state index contributed by atoms with van der Waals surface area (Å²) in [7, 11) is 0. The van der Waals surface area contributed by atoms with Gasteiger partial charge in [-0.1, -0.05) is 0 Å². The van der Waals surface area contributed by atoms with E-state index in [-0.39, 0.29) is 19.2 Å². The molecule has 1 amide bonds. The Morgan fingerprint density at radius 2 is 2.05 bits per heavy atom. The number of hydrogen-bond acceptors (Lipinski definition) is 4. The topological polar surface area (TPSA) is 55.3 Å². The number of ether oxygens (including phenoxy) is 1. The van der Waals surface area contributed by atoms with E-state index in [2.05, 4.69) is 10.2 Å². The summed E-state index contributed by atoms with van der Waals surface area (Å²) >= 11 is 0. The summed E-state index contributed by atoms with van der Waals surface area (Å²) in [5.41, 5.74) is 0. The molecule has 0 aliphatic carbocycles. The van der Waals surface area contributed by atoms with Crippen molar-refractivity contribution in [2.75, 3.05) is 13.1 Å². The molecular formula is C11H12F3N3O2. The van der Waals surface area contributed by atoms with Crippen LogP contribution in [0.3, 0.4) is 0 Å². The van der Waals surface area contributed by atoms with E-state index in [9.17, 15) is 18.0 Å². The predicted molar refractivity (Wildman–Crippen MR) is 58.3 cm³/mol. The monoisotopic (exact) mass is 275 g/mol. The van der Waals surface area contributed by atoms with Crippen LogP contribution < -0.4 is 4.74 Å². The van der Waals surface area contributed by atoms with E-state index in [4.69, 9.17) is 4.74 Å². The lowest BCUT2D eigenvalue weighted by molar-refractivity contribution is -0.187. The van der Waals surface area contributed by atoms with Gasteiger partial charge in [0, 0.05) is 38.2 Å². The Labute approximate surface area is 107 Å². The molecule has 104 valence electrons. The van der Waals surface area contributed by atoms with Crippen LogP contribution in [0.25, 0.3) is 0 Å². The molecule has 0 spiro atoms. The quantitative estimate of drug-likeness (QED) is 0.819. The Hall–Kier alpha value is -1.86. The number of hydrogen-bond donors (Lipinski definition) is 0. The maximum absolute atomic E-state index is 12.2. The molecular weight excluding hydrogens is 263 g/mol. The summed E-state index contributed by atoms with van der Waals surface area (Å²) in [6.45, 7) is 0.0620. The third kappa shape index (κ3) is 3.55. The van der Waals surface area contributed by atoms with Gasteiger partial charge >= 0.3 is 12.1 Å². The van der Waals surface area contributed by atoms with Crippen molar-refractivity contribution in [1.82, 2.24) is 15.1 Å². The van der Waals surface area contributed by atoms with E-state index in [0.717, 1.165) is 4.90 Å². The zero-order valence-electron chi connectivity index (χ0n) is 9.93. The molecule has 0 N–H and O–H groups in total. The summed E-state index contributed by atoms with van der Waals surface area (Å²) in [4.78, 5) is 11.8. The van der Waals surface area contributed by atoms with E-state index in [1.807, 2.05) is 0 Å². The minimum absolute atomic E-state index is 0.0310. The summed E-state index contributed by atoms with van der Waals surface area (Å²) in [5, 5.41) is 7.37. The minimum atomic E-state index is -4.81. The minimum Gasteiger partial charge on any atom is -0.473 e. The van der Waals surface area contributed by atoms with Crippen LogP contribution in [-0.4, -0.2) is 46.4 Å². The number of nitrogens with zero attached hydrogens (tertiary/aromatic N) is 3. The molecule has 0 radical (unpaired) electrons. The number of carbonyl (C=O) groups excluding carboxylic acids is 1. The summed E-state index contributed by atoms with van der Waals surface area (Å²) in [5.74, 6) is -1.45. The average Bonchev–Trinajstić information content (AvgIpc) is 2.39. The lowest BCUT2D eigenvalue weighted by Crippen LogP contribution is -2.47. The second-order valence-corrected chi connectivity index (χ2v) is 4.17. The number of rotatable bonds is 2. The van der Waals surface area contributed by atoms with Gasteiger partial charge in [0.1, 0.15) is 6.10 Å². The first kappa shape index (κ1) is 13.6. The normalized spacial score (nSPS) is 17.3. The summed E-state index contributed by atoms with van der Waals surface area (Å²) in [6, 6.07) is 3.28. The van der Waals surface area contributed by atoms with Crippen molar-refractivity contribution in [1.29, 1.82) is 0 Å². The fraction of sp³-hybridized carbons (Fsp3) is 0.545. The molecule has 0 atom stereocenters. The predicted octanol–water partition coefficient (Wildman–Crippen LogP) is 1.41. The number of carbonyl (C=O) groups is 1. The fourth-order valence-corrected chi connectivity index (χ4v) is 1.88. The third-order valence-electron chi connectivity index (χ3n) is 2.81. The van der Waals surface area contributed by atoms with E-state index in [0.29, 0.717) is 18.7 Å². The van der Waals surface area contributed by atoms with E-state index in [1.54, 1.807) is 12.1 Å². The summed E-state index contributed by atoms with van der Waals surface area (Å²) < 4.78 is 42.2. The highest BCUT2D eigenvalue weighted by Gasteiger charge is 2.43. The molecule has 19 heavy (non-hydrogen) atoms. The molecule has 2 rings (SSSR count). The van der Waals surface area contributed by atoms with Gasteiger partial charge in [-0.25, -0.2) is 0 Å². The number of aromatic nitrogens is 2. The number of halogens is 3. The molecule has 1 aliphatic rings. The molecule has 8 heteroatoms.